The zero-order valence-electron chi connectivity index (χ0n) is 16.8. The number of hydrogen-bond donors (Lipinski definition) is 1. The second-order valence-electron chi connectivity index (χ2n) is 7.44. The number of anilines is 1. The lowest BCUT2D eigenvalue weighted by atomic mass is 9.89. The zero-order chi connectivity index (χ0) is 20.1. The molecule has 0 aliphatic heterocycles. The number of nitrogens with zero attached hydrogens (tertiary/aromatic N) is 4. The quantitative estimate of drug-likeness (QED) is 0.858. The molecule has 0 bridgehead atoms. The molecule has 1 aliphatic carbocycles. The maximum Gasteiger partial charge on any atom is 0.254 e. The summed E-state index contributed by atoms with van der Waals surface area (Å²) < 4.78 is 0. The molecule has 0 spiro atoms. The van der Waals surface area contributed by atoms with Crippen LogP contribution in [0.4, 0.5) is 5.69 Å². The average Bonchev–Trinajstić information content (AvgIpc) is 2.73. The van der Waals surface area contributed by atoms with E-state index in [2.05, 4.69) is 39.4 Å². The molecule has 6 heteroatoms. The highest BCUT2D eigenvalue weighted by Gasteiger charge is 2.25. The highest BCUT2D eigenvalue weighted by Crippen LogP contribution is 2.27. The van der Waals surface area contributed by atoms with Gasteiger partial charge in [-0.15, -0.1) is 0 Å². The molecule has 0 atom stereocenters. The minimum atomic E-state index is -0.0952. The minimum absolute atomic E-state index is 0. The van der Waals surface area contributed by atoms with E-state index in [0.29, 0.717) is 11.6 Å². The summed E-state index contributed by atoms with van der Waals surface area (Å²) in [5, 5.41) is 12.2. The van der Waals surface area contributed by atoms with Crippen LogP contribution in [0, 0.1) is 18.3 Å². The molecular formula is C22H29N5O. The molecule has 1 aliphatic rings. The van der Waals surface area contributed by atoms with Gasteiger partial charge in [0.2, 0.25) is 0 Å². The van der Waals surface area contributed by atoms with Gasteiger partial charge in [-0.25, -0.2) is 9.97 Å². The fourth-order valence-electron chi connectivity index (χ4n) is 3.73. The lowest BCUT2D eigenvalue weighted by Crippen LogP contribution is -2.43. The summed E-state index contributed by atoms with van der Waals surface area (Å²) in [4.78, 5) is 23.1. The van der Waals surface area contributed by atoms with Crippen molar-refractivity contribution in [2.45, 2.75) is 58.0 Å². The van der Waals surface area contributed by atoms with Crippen molar-refractivity contribution >= 4 is 11.6 Å². The van der Waals surface area contributed by atoms with E-state index in [1.54, 1.807) is 12.4 Å². The van der Waals surface area contributed by atoms with Crippen LogP contribution in [0.2, 0.25) is 0 Å². The molecule has 148 valence electrons. The third-order valence-electron chi connectivity index (χ3n) is 5.60. The molecular weight excluding hydrogens is 350 g/mol. The molecule has 28 heavy (non-hydrogen) atoms. The molecule has 0 radical (unpaired) electrons. The normalized spacial score (nSPS) is 18.9. The Labute approximate surface area is 168 Å². The molecule has 1 fully saturated rings. The van der Waals surface area contributed by atoms with Gasteiger partial charge in [-0.05, 0) is 56.4 Å². The van der Waals surface area contributed by atoms with Gasteiger partial charge in [0, 0.05) is 45.1 Å². The first-order valence-electron chi connectivity index (χ1n) is 9.87. The summed E-state index contributed by atoms with van der Waals surface area (Å²) in [5.74, 6) is 0.653. The van der Waals surface area contributed by atoms with Crippen LogP contribution in [-0.2, 0) is 6.42 Å². The molecule has 0 saturated heterocycles. The molecule has 3 rings (SSSR count). The van der Waals surface area contributed by atoms with E-state index in [-0.39, 0.29) is 13.4 Å². The van der Waals surface area contributed by atoms with Gasteiger partial charge >= 0.3 is 0 Å². The second kappa shape index (κ2) is 8.83. The van der Waals surface area contributed by atoms with E-state index in [1.165, 1.54) is 0 Å². The van der Waals surface area contributed by atoms with Crippen LogP contribution in [-0.4, -0.2) is 35.0 Å². The number of amides is 1. The van der Waals surface area contributed by atoms with Gasteiger partial charge in [-0.2, -0.15) is 5.26 Å². The van der Waals surface area contributed by atoms with E-state index < -0.39 is 0 Å². The number of aromatic nitrogens is 2. The van der Waals surface area contributed by atoms with Crippen molar-refractivity contribution < 1.29 is 6.22 Å². The molecule has 1 N–H and O–H groups in total. The number of nitriles is 1. The van der Waals surface area contributed by atoms with Gasteiger partial charge in [-0.1, -0.05) is 6.92 Å². The van der Waals surface area contributed by atoms with Crippen LogP contribution in [0.25, 0.3) is 0 Å². The van der Waals surface area contributed by atoms with Crippen LogP contribution in [0.3, 0.4) is 0 Å². The van der Waals surface area contributed by atoms with E-state index in [4.69, 9.17) is 5.26 Å². The Morgan fingerprint density at radius 3 is 2.54 bits per heavy atom. The SMILES string of the molecule is CCc1ncc(C(=O)NC2CCC(N(C)c3ccc(C#N)c(C)c3)CC2)cn1.[HH]. The Balaban J connectivity index is 0.00000300. The van der Waals surface area contributed by atoms with Crippen molar-refractivity contribution in [1.82, 2.24) is 15.3 Å². The Morgan fingerprint density at radius 2 is 1.96 bits per heavy atom. The largest absolute Gasteiger partial charge is 0.372 e. The van der Waals surface area contributed by atoms with Crippen molar-refractivity contribution in [3.63, 3.8) is 0 Å². The highest BCUT2D eigenvalue weighted by atomic mass is 16.1. The Hall–Kier alpha value is -2.94. The first-order chi connectivity index (χ1) is 13.5. The van der Waals surface area contributed by atoms with Crippen molar-refractivity contribution in [3.05, 3.63) is 53.1 Å². The van der Waals surface area contributed by atoms with Crippen LogP contribution >= 0.6 is 0 Å². The van der Waals surface area contributed by atoms with Crippen molar-refractivity contribution in [2.24, 2.45) is 0 Å². The summed E-state index contributed by atoms with van der Waals surface area (Å²) >= 11 is 0. The summed E-state index contributed by atoms with van der Waals surface area (Å²) in [6.45, 7) is 3.96. The fraction of sp³-hybridized carbons (Fsp3) is 0.455. The number of carbonyl (C=O) groups is 1. The third kappa shape index (κ3) is 4.48. The predicted molar refractivity (Wildman–Crippen MR) is 111 cm³/mol. The molecule has 1 aromatic carbocycles. The maximum absolute atomic E-state index is 12.4. The Morgan fingerprint density at radius 1 is 1.29 bits per heavy atom. The summed E-state index contributed by atoms with van der Waals surface area (Å²) in [7, 11) is 2.11. The molecule has 1 heterocycles. The first-order valence-corrected chi connectivity index (χ1v) is 9.87. The number of rotatable bonds is 5. The van der Waals surface area contributed by atoms with Gasteiger partial charge < -0.3 is 10.2 Å². The van der Waals surface area contributed by atoms with Gasteiger partial charge in [0.25, 0.3) is 5.91 Å². The summed E-state index contributed by atoms with van der Waals surface area (Å²) in [6.07, 6.45) is 7.91. The Bertz CT molecular complexity index is 870. The monoisotopic (exact) mass is 379 g/mol. The highest BCUT2D eigenvalue weighted by molar-refractivity contribution is 5.93. The van der Waals surface area contributed by atoms with E-state index in [1.807, 2.05) is 26.0 Å². The number of carbonyl (C=O) groups excluding carboxylic acids is 1. The third-order valence-corrected chi connectivity index (χ3v) is 5.60. The molecule has 6 nitrogen and oxygen atoms in total. The number of aryl methyl sites for hydroxylation is 2. The van der Waals surface area contributed by atoms with Crippen LogP contribution in [0.15, 0.2) is 30.6 Å². The molecule has 2 aromatic rings. The standard InChI is InChI=1S/C22H27N5O.H2/c1-4-21-24-13-17(14-25-21)22(28)26-18-6-9-19(10-7-18)27(3)20-8-5-16(12-23)15(2)11-20;/h5,8,11,13-14,18-19H,4,6-7,9-10H2,1-3H3,(H,26,28);1H. The average molecular weight is 380 g/mol. The topological polar surface area (TPSA) is 81.9 Å². The summed E-state index contributed by atoms with van der Waals surface area (Å²) in [6, 6.07) is 8.82. The number of nitrogens with one attached hydrogen (secondary N) is 1. The minimum Gasteiger partial charge on any atom is -0.372 e. The predicted octanol–water partition coefficient (Wildman–Crippen LogP) is 3.64. The van der Waals surface area contributed by atoms with Crippen LogP contribution in [0.5, 0.6) is 0 Å². The van der Waals surface area contributed by atoms with Crippen LogP contribution in [0.1, 0.15) is 61.3 Å². The lowest BCUT2D eigenvalue weighted by molar-refractivity contribution is 0.0925. The zero-order valence-corrected chi connectivity index (χ0v) is 16.8. The number of hydrogen-bond acceptors (Lipinski definition) is 5. The van der Waals surface area contributed by atoms with Crippen molar-refractivity contribution in [3.8, 4) is 6.07 Å². The van der Waals surface area contributed by atoms with Gasteiger partial charge in [-0.3, -0.25) is 4.79 Å². The molecule has 0 unspecified atom stereocenters. The van der Waals surface area contributed by atoms with Gasteiger partial charge in [0.05, 0.1) is 17.2 Å². The lowest BCUT2D eigenvalue weighted by Gasteiger charge is -2.36. The van der Waals surface area contributed by atoms with E-state index in [9.17, 15) is 4.79 Å². The molecule has 1 saturated carbocycles. The molecule has 1 amide bonds. The summed E-state index contributed by atoms with van der Waals surface area (Å²) in [5.41, 5.74) is 3.38. The second-order valence-corrected chi connectivity index (χ2v) is 7.44. The number of benzene rings is 1. The van der Waals surface area contributed by atoms with E-state index in [0.717, 1.165) is 54.7 Å². The maximum atomic E-state index is 12.4. The van der Waals surface area contributed by atoms with Gasteiger partial charge in [0.15, 0.2) is 0 Å². The van der Waals surface area contributed by atoms with Crippen molar-refractivity contribution in [1.29, 1.82) is 5.26 Å². The fourth-order valence-corrected chi connectivity index (χ4v) is 3.73. The Kier molecular flexibility index (Phi) is 6.25. The van der Waals surface area contributed by atoms with Crippen molar-refractivity contribution in [2.75, 3.05) is 11.9 Å². The van der Waals surface area contributed by atoms with Crippen LogP contribution < -0.4 is 10.2 Å². The first kappa shape index (κ1) is 19.8. The molecule has 1 aromatic heterocycles. The smallest absolute Gasteiger partial charge is 0.254 e. The van der Waals surface area contributed by atoms with Gasteiger partial charge in [0.1, 0.15) is 5.82 Å². The van der Waals surface area contributed by atoms with E-state index >= 15 is 0 Å².